The van der Waals surface area contributed by atoms with E-state index in [0.29, 0.717) is 83.9 Å². The molecule has 4 saturated heterocycles. The van der Waals surface area contributed by atoms with Crippen LogP contribution in [-0.2, 0) is 55.8 Å². The largest absolute Gasteiger partial charge is 0.508 e. The fourth-order valence-electron chi connectivity index (χ4n) is 20.4. The number of esters is 2. The van der Waals surface area contributed by atoms with Crippen molar-refractivity contribution < 1.29 is 73.0 Å². The zero-order valence-corrected chi connectivity index (χ0v) is 61.0. The average molecular weight is 1430 g/mol. The molecule has 0 radical (unpaired) electrons. The smallest absolute Gasteiger partial charge is 0.333 e. The van der Waals surface area contributed by atoms with Gasteiger partial charge in [0, 0.05) is 80.3 Å². The molecule has 0 amide bonds. The Morgan fingerprint density at radius 3 is 1.57 bits per heavy atom. The first-order chi connectivity index (χ1) is 49.0. The van der Waals surface area contributed by atoms with Gasteiger partial charge < -0.3 is 68.4 Å². The molecule has 0 aliphatic carbocycles. The molecular formula is C78H87N7O15S2. The standard InChI is InChI=1S/C40H44N4O7S.C38H43N3O8S/c1-17-7-8-24-23(11-17)22-9-10-41-40(37(22)42-24)15-52-36-27-19(3)20(4)34-35(51-16-50-34)29(27)26(14-49-39(40)47)44-31(36)30-28-21(13-25(38(44)46)43(30)5)12-18(2)33(48-6)32(28)45;1-16-10-22-20(12-25(16)42)7-8-39-38(22)14-50-35-26-18(3)19(4)33-34(49-15-48-33)28(26)24(13-47-37(38)45)41-30(35)29-27-21(11-23(36(41)44)40(29)5)9-17(2)32(46-6)31(27)43/h7-8,11-12,25-26,30-31,36,38,41-42,45-46H,9-10,13-16H2,1-6H3;9-10,12,23-24,29-30,35-36,39,42-44H,7-8,11,13-15H2,1-6H3/t25-,26-,30+,31+,36+,38-,40+;23-,24-,29+,30+,35+,36-,38+/m00/s1. The molecule has 6 aromatic carbocycles. The van der Waals surface area contributed by atoms with Gasteiger partial charge in [-0.05, 0) is 197 Å². The monoisotopic (exact) mass is 1430 g/mol. The summed E-state index contributed by atoms with van der Waals surface area (Å²) in [6.45, 7) is 17.6. The number of aliphatic hydroxyl groups is 2. The topological polar surface area (TPSA) is 262 Å². The van der Waals surface area contributed by atoms with Gasteiger partial charge in [0.15, 0.2) is 57.1 Å². The average Bonchev–Trinajstić information content (AvgIpc) is 1.00. The predicted molar refractivity (Wildman–Crippen MR) is 383 cm³/mol. The summed E-state index contributed by atoms with van der Waals surface area (Å²) < 4.78 is 49.1. The lowest BCUT2D eigenvalue weighted by Crippen LogP contribution is -2.70. The molecule has 14 atom stereocenters. The number of phenolic OH excluding ortho intramolecular Hbond substituents is 3. The predicted octanol–water partition coefficient (Wildman–Crippen LogP) is 8.97. The van der Waals surface area contributed by atoms with E-state index in [-0.39, 0.29) is 103 Å². The number of hydrogen-bond acceptors (Lipinski definition) is 23. The van der Waals surface area contributed by atoms with Gasteiger partial charge in [0.05, 0.1) is 56.2 Å². The molecule has 0 saturated carbocycles. The number of likely N-dealkylation sites (N-methyl/N-ethyl adjacent to an activating group) is 2. The zero-order chi connectivity index (χ0) is 70.9. The molecule has 21 rings (SSSR count). The number of phenols is 3. The Balaban J connectivity index is 0.000000146. The van der Waals surface area contributed by atoms with E-state index < -0.39 is 35.6 Å². The van der Waals surface area contributed by atoms with Crippen LogP contribution < -0.4 is 39.1 Å². The van der Waals surface area contributed by atoms with Crippen molar-refractivity contribution in [2.45, 2.75) is 163 Å². The van der Waals surface area contributed by atoms with Crippen LogP contribution in [0.3, 0.4) is 0 Å². The van der Waals surface area contributed by atoms with Crippen LogP contribution in [0.2, 0.25) is 0 Å². The molecule has 24 heteroatoms. The molecule has 15 heterocycles. The summed E-state index contributed by atoms with van der Waals surface area (Å²) >= 11 is 3.38. The number of carbonyl (C=O) groups excluding carboxylic acids is 2. The van der Waals surface area contributed by atoms with Crippen molar-refractivity contribution in [1.29, 1.82) is 0 Å². The summed E-state index contributed by atoms with van der Waals surface area (Å²) in [7, 11) is 7.27. The second-order valence-electron chi connectivity index (χ2n) is 30.2. The highest BCUT2D eigenvalue weighted by atomic mass is 32.2. The first kappa shape index (κ1) is 66.3. The number of hydrogen-bond donors (Lipinski definition) is 8. The summed E-state index contributed by atoms with van der Waals surface area (Å²) in [5, 5.41) is 67.5. The summed E-state index contributed by atoms with van der Waals surface area (Å²) in [5.74, 6) is 4.13. The first-order valence-corrected chi connectivity index (χ1v) is 37.6. The van der Waals surface area contributed by atoms with Gasteiger partial charge >= 0.3 is 11.9 Å². The van der Waals surface area contributed by atoms with Crippen molar-refractivity contribution in [3.05, 3.63) is 154 Å². The highest BCUT2D eigenvalue weighted by Gasteiger charge is 2.64. The lowest BCUT2D eigenvalue weighted by molar-refractivity contribution is -0.186. The molecule has 8 N–H and O–H groups in total. The van der Waals surface area contributed by atoms with Crippen molar-refractivity contribution in [1.82, 2.24) is 35.2 Å². The molecule has 2 spiro atoms. The summed E-state index contributed by atoms with van der Waals surface area (Å²) in [4.78, 5) is 41.7. The molecule has 14 aliphatic rings. The number of carbonyl (C=O) groups is 2. The Morgan fingerprint density at radius 2 is 1.04 bits per heavy atom. The van der Waals surface area contributed by atoms with E-state index in [0.717, 1.165) is 118 Å². The minimum Gasteiger partial charge on any atom is -0.508 e. The Kier molecular flexibility index (Phi) is 15.4. The van der Waals surface area contributed by atoms with Crippen molar-refractivity contribution in [3.63, 3.8) is 0 Å². The third kappa shape index (κ3) is 8.96. The van der Waals surface area contributed by atoms with Gasteiger partial charge in [-0.15, -0.1) is 23.5 Å². The second kappa shape index (κ2) is 23.7. The van der Waals surface area contributed by atoms with E-state index in [1.54, 1.807) is 43.8 Å². The van der Waals surface area contributed by atoms with Gasteiger partial charge in [-0.2, -0.15) is 0 Å². The van der Waals surface area contributed by atoms with Gasteiger partial charge in [-0.3, -0.25) is 30.2 Å². The number of fused-ring (bicyclic) bond motifs is 20. The zero-order valence-electron chi connectivity index (χ0n) is 59.4. The molecule has 4 fully saturated rings. The van der Waals surface area contributed by atoms with Crippen LogP contribution in [0.4, 0.5) is 0 Å². The lowest BCUT2D eigenvalue weighted by atomic mass is 9.72. The number of rotatable bonds is 2. The number of methoxy groups -OCH3 is 2. The fourth-order valence-corrected chi connectivity index (χ4v) is 24.0. The fraction of sp³-hybridized carbons (Fsp3) is 0.487. The normalized spacial score (nSPS) is 30.8. The molecule has 8 bridgehead atoms. The number of ether oxygens (including phenoxy) is 8. The summed E-state index contributed by atoms with van der Waals surface area (Å²) in [6, 6.07) is 11.4. The third-order valence-corrected chi connectivity index (χ3v) is 28.4. The number of aryl methyl sites for hydroxylation is 4. The van der Waals surface area contributed by atoms with Gasteiger partial charge in [-0.25, -0.2) is 9.59 Å². The number of aromatic amines is 1. The van der Waals surface area contributed by atoms with E-state index in [1.807, 2.05) is 33.9 Å². The van der Waals surface area contributed by atoms with Crippen LogP contribution in [-0.4, -0.2) is 178 Å². The summed E-state index contributed by atoms with van der Waals surface area (Å²) in [5.41, 5.74) is 18.0. The van der Waals surface area contributed by atoms with Crippen LogP contribution in [0.5, 0.6) is 51.7 Å². The van der Waals surface area contributed by atoms with Gasteiger partial charge in [-0.1, -0.05) is 23.8 Å². The Hall–Kier alpha value is -7.62. The van der Waals surface area contributed by atoms with Crippen molar-refractivity contribution in [2.75, 3.05) is 79.7 Å². The highest BCUT2D eigenvalue weighted by Crippen LogP contribution is 2.66. The number of aromatic nitrogens is 1. The van der Waals surface area contributed by atoms with Gasteiger partial charge in [0.2, 0.25) is 13.6 Å². The number of aromatic hydroxyl groups is 3. The molecule has 1 aromatic heterocycles. The minimum atomic E-state index is -1.16. The van der Waals surface area contributed by atoms with Crippen LogP contribution >= 0.6 is 23.5 Å². The number of piperazine rings is 2. The Labute approximate surface area is 600 Å². The van der Waals surface area contributed by atoms with E-state index in [2.05, 4.69) is 107 Å². The first-order valence-electron chi connectivity index (χ1n) is 35.5. The molecular weight excluding hydrogens is 1340 g/mol. The van der Waals surface area contributed by atoms with E-state index >= 15 is 0 Å². The molecule has 0 unspecified atom stereocenters. The minimum absolute atomic E-state index is 0.00634. The molecule has 102 heavy (non-hydrogen) atoms. The lowest BCUT2D eigenvalue weighted by Gasteiger charge is -2.62. The molecule has 22 nitrogen and oxygen atoms in total. The maximum absolute atomic E-state index is 14.7. The van der Waals surface area contributed by atoms with Crippen molar-refractivity contribution in [2.24, 2.45) is 0 Å². The van der Waals surface area contributed by atoms with Crippen LogP contribution in [0, 0.1) is 55.4 Å². The molecule has 536 valence electrons. The second-order valence-corrected chi connectivity index (χ2v) is 32.5. The molecule has 14 aliphatic heterocycles. The van der Waals surface area contributed by atoms with Crippen molar-refractivity contribution >= 4 is 46.4 Å². The maximum atomic E-state index is 14.7. The number of benzene rings is 6. The highest BCUT2D eigenvalue weighted by molar-refractivity contribution is 7.99. The quantitative estimate of drug-likeness (QED) is 0.0751. The van der Waals surface area contributed by atoms with E-state index in [1.165, 1.54) is 5.56 Å². The summed E-state index contributed by atoms with van der Waals surface area (Å²) in [6.07, 6.45) is 0.738. The molecule has 7 aromatic rings. The van der Waals surface area contributed by atoms with Gasteiger partial charge in [0.1, 0.15) is 31.4 Å². The number of nitrogens with zero attached hydrogens (tertiary/aromatic N) is 4. The number of aliphatic hydroxyl groups excluding tert-OH is 2. The third-order valence-electron chi connectivity index (χ3n) is 25.4. The number of nitrogens with one attached hydrogen (secondary N) is 3. The number of thioether (sulfide) groups is 2. The van der Waals surface area contributed by atoms with E-state index in [9.17, 15) is 35.1 Å². The van der Waals surface area contributed by atoms with Crippen molar-refractivity contribution in [3.8, 4) is 51.7 Å². The Morgan fingerprint density at radius 1 is 0.549 bits per heavy atom. The van der Waals surface area contributed by atoms with Crippen LogP contribution in [0.25, 0.3) is 10.9 Å². The van der Waals surface area contributed by atoms with Gasteiger partial charge in [0.25, 0.3) is 0 Å². The number of H-pyrrole nitrogens is 1. The van der Waals surface area contributed by atoms with Crippen LogP contribution in [0.1, 0.15) is 146 Å². The van der Waals surface area contributed by atoms with Crippen LogP contribution in [0.15, 0.2) is 42.5 Å². The maximum Gasteiger partial charge on any atom is 0.333 e. The SMILES string of the molecule is COc1c(C)cc2c(c1O)[C@@H]1[C@@H]3[C@@H]4SC[C@]5(NCCc6c5[nH]c5ccc(C)cc65)C(=O)OC[C@@H](c5c6c(c(C)c(C)c54)OCO6)N3[C@@H](O)[C@H](C2)N1C.COc1c(C)cc2c(c1O)[C@@H]1[C@@H]3[C@@H]4SC[C@]5(NCCc6cc(O)c(C)cc65)C(=O)OC[C@@H](c5c6c(c(C)c(C)c54)OCO6)N3[C@@H](O)[C@H](C2)N1C. The Bertz CT molecular complexity index is 4800. The van der Waals surface area contributed by atoms with E-state index in [4.69, 9.17) is 37.9 Å².